The highest BCUT2D eigenvalue weighted by Crippen LogP contribution is 2.35. The molecule has 3 aromatic rings. The molecule has 1 saturated heterocycles. The lowest BCUT2D eigenvalue weighted by Gasteiger charge is -2.36. The number of non-ortho nitro benzene ring substituents is 1. The lowest BCUT2D eigenvalue weighted by Crippen LogP contribution is -2.48. The molecule has 1 unspecified atom stereocenters. The van der Waals surface area contributed by atoms with Crippen molar-refractivity contribution < 1.29 is 14.5 Å². The fourth-order valence-electron chi connectivity index (χ4n) is 5.11. The van der Waals surface area contributed by atoms with Gasteiger partial charge in [-0.25, -0.2) is 0 Å². The summed E-state index contributed by atoms with van der Waals surface area (Å²) in [5.41, 5.74) is 4.12. The Morgan fingerprint density at radius 3 is 2.26 bits per heavy atom. The Morgan fingerprint density at radius 2 is 1.63 bits per heavy atom. The van der Waals surface area contributed by atoms with Gasteiger partial charge >= 0.3 is 0 Å². The molecule has 5 rings (SSSR count). The van der Waals surface area contributed by atoms with Gasteiger partial charge in [-0.05, 0) is 48.4 Å². The Bertz CT molecular complexity index is 1330. The van der Waals surface area contributed by atoms with Gasteiger partial charge in [0.25, 0.3) is 17.5 Å². The molecule has 2 amide bonds. The van der Waals surface area contributed by atoms with Gasteiger partial charge in [0, 0.05) is 72.9 Å². The molecule has 0 spiro atoms. The molecule has 1 atom stereocenters. The van der Waals surface area contributed by atoms with Crippen LogP contribution in [0.2, 0.25) is 0 Å². The third kappa shape index (κ3) is 5.04. The Morgan fingerprint density at radius 1 is 0.974 bits per heavy atom. The Balaban J connectivity index is 1.22. The third-order valence-electron chi connectivity index (χ3n) is 7.05. The fraction of sp³-hybridized carbons (Fsp3) is 0.310. The summed E-state index contributed by atoms with van der Waals surface area (Å²) in [5, 5.41) is 14.4. The van der Waals surface area contributed by atoms with Gasteiger partial charge in [-0.3, -0.25) is 19.7 Å². The summed E-state index contributed by atoms with van der Waals surface area (Å²) in [6.45, 7) is 7.29. The lowest BCUT2D eigenvalue weighted by molar-refractivity contribution is -0.384. The summed E-state index contributed by atoms with van der Waals surface area (Å²) in [6.07, 6.45) is -0.254. The minimum absolute atomic E-state index is 0.0253. The SMILES string of the molecule is CC(C)CN1C(=O)c2ccccc2C1Nc1ccc(C(=O)N2CCN(c3ccc([N+](=O)[O-])cc3)CC2)cc1. The second-order valence-corrected chi connectivity index (χ2v) is 10.1. The van der Waals surface area contributed by atoms with E-state index in [-0.39, 0.29) is 23.7 Å². The number of nitro groups is 1. The zero-order valence-electron chi connectivity index (χ0n) is 21.5. The van der Waals surface area contributed by atoms with Crippen molar-refractivity contribution in [2.75, 3.05) is 42.9 Å². The predicted molar refractivity (Wildman–Crippen MR) is 146 cm³/mol. The average molecular weight is 514 g/mol. The fourth-order valence-corrected chi connectivity index (χ4v) is 5.11. The van der Waals surface area contributed by atoms with E-state index < -0.39 is 4.92 Å². The number of anilines is 2. The quantitative estimate of drug-likeness (QED) is 0.361. The number of nitrogens with one attached hydrogen (secondary N) is 1. The number of benzene rings is 3. The van der Waals surface area contributed by atoms with Crippen LogP contribution in [-0.2, 0) is 0 Å². The van der Waals surface area contributed by atoms with Crippen molar-refractivity contribution in [1.29, 1.82) is 0 Å². The molecule has 196 valence electrons. The molecule has 0 saturated carbocycles. The Kier molecular flexibility index (Phi) is 7.00. The molecule has 2 aliphatic rings. The molecule has 2 aliphatic heterocycles. The number of piperazine rings is 1. The number of rotatable bonds is 7. The van der Waals surface area contributed by atoms with Crippen LogP contribution in [0.5, 0.6) is 0 Å². The molecular formula is C29H31N5O4. The number of amides is 2. The van der Waals surface area contributed by atoms with Crippen molar-refractivity contribution in [2.24, 2.45) is 5.92 Å². The van der Waals surface area contributed by atoms with Crippen LogP contribution in [-0.4, -0.2) is 59.3 Å². The van der Waals surface area contributed by atoms with E-state index in [4.69, 9.17) is 0 Å². The van der Waals surface area contributed by atoms with E-state index in [0.717, 1.165) is 22.5 Å². The summed E-state index contributed by atoms with van der Waals surface area (Å²) in [4.78, 5) is 42.5. The van der Waals surface area contributed by atoms with Crippen molar-refractivity contribution in [1.82, 2.24) is 9.80 Å². The van der Waals surface area contributed by atoms with Gasteiger partial charge < -0.3 is 20.0 Å². The maximum absolute atomic E-state index is 13.2. The second kappa shape index (κ2) is 10.5. The highest BCUT2D eigenvalue weighted by atomic mass is 16.6. The average Bonchev–Trinajstić information content (AvgIpc) is 3.19. The number of nitro benzene ring substituents is 1. The highest BCUT2D eigenvalue weighted by Gasteiger charge is 2.36. The summed E-state index contributed by atoms with van der Waals surface area (Å²) < 4.78 is 0. The topological polar surface area (TPSA) is 99.0 Å². The van der Waals surface area contributed by atoms with E-state index in [2.05, 4.69) is 24.1 Å². The maximum atomic E-state index is 13.2. The molecule has 0 aliphatic carbocycles. The van der Waals surface area contributed by atoms with Gasteiger partial charge in [-0.2, -0.15) is 0 Å². The van der Waals surface area contributed by atoms with Crippen molar-refractivity contribution in [3.63, 3.8) is 0 Å². The monoisotopic (exact) mass is 513 g/mol. The van der Waals surface area contributed by atoms with Crippen LogP contribution in [0, 0.1) is 16.0 Å². The Hall–Kier alpha value is -4.40. The maximum Gasteiger partial charge on any atom is 0.269 e. The van der Waals surface area contributed by atoms with Crippen LogP contribution >= 0.6 is 0 Å². The van der Waals surface area contributed by atoms with E-state index in [1.54, 1.807) is 12.1 Å². The number of hydrogen-bond donors (Lipinski definition) is 1. The lowest BCUT2D eigenvalue weighted by atomic mass is 10.1. The molecule has 0 aromatic heterocycles. The zero-order chi connectivity index (χ0) is 26.8. The van der Waals surface area contributed by atoms with E-state index in [0.29, 0.717) is 44.2 Å². The number of fused-ring (bicyclic) bond motifs is 1. The van der Waals surface area contributed by atoms with Crippen LogP contribution in [0.15, 0.2) is 72.8 Å². The second-order valence-electron chi connectivity index (χ2n) is 10.1. The molecular weight excluding hydrogens is 482 g/mol. The first kappa shape index (κ1) is 25.3. The van der Waals surface area contributed by atoms with Crippen LogP contribution in [0.25, 0.3) is 0 Å². The van der Waals surface area contributed by atoms with E-state index in [1.807, 2.05) is 58.3 Å². The minimum atomic E-state index is -0.408. The molecule has 1 N–H and O–H groups in total. The van der Waals surface area contributed by atoms with Gasteiger partial charge in [0.15, 0.2) is 0 Å². The summed E-state index contributed by atoms with van der Waals surface area (Å²) in [6, 6.07) is 21.6. The van der Waals surface area contributed by atoms with Crippen molar-refractivity contribution >= 4 is 28.9 Å². The van der Waals surface area contributed by atoms with E-state index in [1.165, 1.54) is 12.1 Å². The normalized spacial score (nSPS) is 17.1. The van der Waals surface area contributed by atoms with Crippen molar-refractivity contribution in [3.05, 3.63) is 99.6 Å². The molecule has 2 heterocycles. The summed E-state index contributed by atoms with van der Waals surface area (Å²) >= 11 is 0. The minimum Gasteiger partial charge on any atom is -0.368 e. The van der Waals surface area contributed by atoms with Gasteiger partial charge in [0.2, 0.25) is 0 Å². The van der Waals surface area contributed by atoms with Crippen LogP contribution in [0.4, 0.5) is 17.1 Å². The standard InChI is InChI=1S/C29H31N5O4/c1-20(2)19-33-27(25-5-3-4-6-26(25)29(33)36)30-22-9-7-21(8-10-22)28(35)32-17-15-31(16-18-32)23-11-13-24(14-12-23)34(37)38/h3-14,20,27,30H,15-19H2,1-2H3. The zero-order valence-corrected chi connectivity index (χ0v) is 21.5. The van der Waals surface area contributed by atoms with Crippen LogP contribution in [0.3, 0.4) is 0 Å². The third-order valence-corrected chi connectivity index (χ3v) is 7.05. The molecule has 9 nitrogen and oxygen atoms in total. The first-order chi connectivity index (χ1) is 18.3. The molecule has 9 heteroatoms. The highest BCUT2D eigenvalue weighted by molar-refractivity contribution is 5.99. The van der Waals surface area contributed by atoms with Crippen molar-refractivity contribution in [3.8, 4) is 0 Å². The van der Waals surface area contributed by atoms with Crippen molar-refractivity contribution in [2.45, 2.75) is 20.0 Å². The van der Waals surface area contributed by atoms with Gasteiger partial charge in [0.05, 0.1) is 4.92 Å². The van der Waals surface area contributed by atoms with E-state index in [9.17, 15) is 19.7 Å². The number of carbonyl (C=O) groups excluding carboxylic acids is 2. The van der Waals surface area contributed by atoms with Gasteiger partial charge in [-0.15, -0.1) is 0 Å². The summed E-state index contributed by atoms with van der Waals surface area (Å²) in [5.74, 6) is 0.340. The number of nitrogens with zero attached hydrogens (tertiary/aromatic N) is 4. The van der Waals surface area contributed by atoms with Crippen LogP contribution < -0.4 is 10.2 Å². The molecule has 38 heavy (non-hydrogen) atoms. The molecule has 0 radical (unpaired) electrons. The van der Waals surface area contributed by atoms with E-state index >= 15 is 0 Å². The van der Waals surface area contributed by atoms with Gasteiger partial charge in [0.1, 0.15) is 6.17 Å². The largest absolute Gasteiger partial charge is 0.368 e. The first-order valence-electron chi connectivity index (χ1n) is 12.9. The number of hydrogen-bond acceptors (Lipinski definition) is 6. The molecule has 0 bridgehead atoms. The number of carbonyl (C=O) groups is 2. The Labute approximate surface area is 221 Å². The van der Waals surface area contributed by atoms with Crippen LogP contribution in [0.1, 0.15) is 46.3 Å². The predicted octanol–water partition coefficient (Wildman–Crippen LogP) is 4.78. The first-order valence-corrected chi connectivity index (χ1v) is 12.9. The molecule has 1 fully saturated rings. The van der Waals surface area contributed by atoms with Gasteiger partial charge in [-0.1, -0.05) is 32.0 Å². The summed E-state index contributed by atoms with van der Waals surface area (Å²) in [7, 11) is 0. The molecule has 3 aromatic carbocycles. The smallest absolute Gasteiger partial charge is 0.269 e.